The third-order valence-corrected chi connectivity index (χ3v) is 4.86. The van der Waals surface area contributed by atoms with Gasteiger partial charge in [-0.15, -0.1) is 0 Å². The molecular formula is C27H45NO2. The summed E-state index contributed by atoms with van der Waals surface area (Å²) in [7, 11) is 0. The van der Waals surface area contributed by atoms with E-state index in [9.17, 15) is 9.90 Å². The summed E-state index contributed by atoms with van der Waals surface area (Å²) in [6.07, 6.45) is 31.0. The highest BCUT2D eigenvalue weighted by Gasteiger charge is 2.25. The van der Waals surface area contributed by atoms with E-state index in [4.69, 9.17) is 0 Å². The fraction of sp³-hybridized carbons (Fsp3) is 0.593. The fourth-order valence-electron chi connectivity index (χ4n) is 3.11. The molecule has 3 heteroatoms. The summed E-state index contributed by atoms with van der Waals surface area (Å²) in [4.78, 5) is 12.0. The van der Waals surface area contributed by atoms with Crippen LogP contribution in [-0.2, 0) is 4.79 Å². The van der Waals surface area contributed by atoms with Crippen molar-refractivity contribution in [2.45, 2.75) is 97.0 Å². The lowest BCUT2D eigenvalue weighted by atomic mass is 9.91. The first kappa shape index (κ1) is 28.1. The van der Waals surface area contributed by atoms with Crippen molar-refractivity contribution in [2.24, 2.45) is 0 Å². The highest BCUT2D eigenvalue weighted by atomic mass is 16.3. The van der Waals surface area contributed by atoms with Crippen LogP contribution in [0.1, 0.15) is 91.4 Å². The van der Waals surface area contributed by atoms with Crippen molar-refractivity contribution in [3.63, 3.8) is 0 Å². The first-order chi connectivity index (χ1) is 14.6. The molecule has 0 aliphatic rings. The molecule has 1 unspecified atom stereocenters. The molecule has 1 atom stereocenters. The Labute approximate surface area is 185 Å². The maximum atomic E-state index is 12.0. The maximum absolute atomic E-state index is 12.0. The fourth-order valence-corrected chi connectivity index (χ4v) is 3.11. The zero-order valence-electron chi connectivity index (χ0n) is 19.6. The molecule has 0 radical (unpaired) electrons. The summed E-state index contributed by atoms with van der Waals surface area (Å²) in [5.41, 5.74) is -0.783. The zero-order chi connectivity index (χ0) is 22.3. The van der Waals surface area contributed by atoms with Gasteiger partial charge in [0.1, 0.15) is 0 Å². The van der Waals surface area contributed by atoms with E-state index in [-0.39, 0.29) is 5.91 Å². The van der Waals surface area contributed by atoms with Crippen LogP contribution >= 0.6 is 0 Å². The van der Waals surface area contributed by atoms with Crippen molar-refractivity contribution in [3.8, 4) is 0 Å². The van der Waals surface area contributed by atoms with Gasteiger partial charge in [0.05, 0.1) is 5.60 Å². The molecule has 0 rings (SSSR count). The average Bonchev–Trinajstić information content (AvgIpc) is 2.73. The maximum Gasteiger partial charge on any atom is 0.244 e. The Morgan fingerprint density at radius 2 is 1.37 bits per heavy atom. The number of rotatable bonds is 18. The number of carbonyl (C=O) groups is 1. The Kier molecular flexibility index (Phi) is 19.1. The van der Waals surface area contributed by atoms with Gasteiger partial charge in [-0.05, 0) is 32.1 Å². The van der Waals surface area contributed by atoms with Crippen molar-refractivity contribution in [3.05, 3.63) is 60.8 Å². The molecule has 0 heterocycles. The van der Waals surface area contributed by atoms with Gasteiger partial charge in [-0.3, -0.25) is 4.79 Å². The average molecular weight is 416 g/mol. The lowest BCUT2D eigenvalue weighted by Gasteiger charge is -2.28. The quantitative estimate of drug-likeness (QED) is 0.144. The number of hydrogen-bond donors (Lipinski definition) is 2. The van der Waals surface area contributed by atoms with Gasteiger partial charge in [-0.25, -0.2) is 0 Å². The van der Waals surface area contributed by atoms with Crippen molar-refractivity contribution >= 4 is 5.91 Å². The topological polar surface area (TPSA) is 49.3 Å². The summed E-state index contributed by atoms with van der Waals surface area (Å²) in [5.74, 6) is -0.149. The van der Waals surface area contributed by atoms with Crippen LogP contribution in [-0.4, -0.2) is 23.2 Å². The minimum absolute atomic E-state index is 0.149. The first-order valence-corrected chi connectivity index (χ1v) is 11.9. The van der Waals surface area contributed by atoms with Crippen molar-refractivity contribution < 1.29 is 9.90 Å². The third kappa shape index (κ3) is 18.2. The number of unbranched alkanes of at least 4 members (excludes halogenated alkanes) is 5. The first-order valence-electron chi connectivity index (χ1n) is 11.9. The monoisotopic (exact) mass is 415 g/mol. The summed E-state index contributed by atoms with van der Waals surface area (Å²) in [6.45, 7) is 6.75. The van der Waals surface area contributed by atoms with Gasteiger partial charge in [0, 0.05) is 12.6 Å². The molecule has 0 aromatic heterocycles. The second-order valence-corrected chi connectivity index (χ2v) is 7.90. The number of hydrogen-bond acceptors (Lipinski definition) is 2. The minimum Gasteiger partial charge on any atom is -0.388 e. The molecule has 1 amide bonds. The molecule has 0 aliphatic carbocycles. The van der Waals surface area contributed by atoms with Crippen LogP contribution in [0.2, 0.25) is 0 Å². The molecule has 0 spiro atoms. The van der Waals surface area contributed by atoms with Gasteiger partial charge < -0.3 is 10.4 Å². The second-order valence-electron chi connectivity index (χ2n) is 7.90. The van der Waals surface area contributed by atoms with Crippen LogP contribution in [0.5, 0.6) is 0 Å². The van der Waals surface area contributed by atoms with Crippen molar-refractivity contribution in [1.29, 1.82) is 0 Å². The Morgan fingerprint density at radius 3 is 1.97 bits per heavy atom. The van der Waals surface area contributed by atoms with Crippen LogP contribution in [0.4, 0.5) is 0 Å². The van der Waals surface area contributed by atoms with E-state index >= 15 is 0 Å². The molecule has 0 aromatic rings. The molecule has 0 aliphatic heterocycles. The lowest BCUT2D eigenvalue weighted by Crippen LogP contribution is -2.42. The highest BCUT2D eigenvalue weighted by Crippen LogP contribution is 2.20. The molecule has 0 bridgehead atoms. The van der Waals surface area contributed by atoms with Crippen LogP contribution in [0.25, 0.3) is 0 Å². The number of carbonyl (C=O) groups excluding carboxylic acids is 1. The van der Waals surface area contributed by atoms with E-state index in [1.165, 1.54) is 25.3 Å². The van der Waals surface area contributed by atoms with Crippen LogP contribution in [0.3, 0.4) is 0 Å². The van der Waals surface area contributed by atoms with E-state index < -0.39 is 5.60 Å². The lowest BCUT2D eigenvalue weighted by molar-refractivity contribution is -0.118. The minimum atomic E-state index is -0.783. The molecule has 170 valence electrons. The van der Waals surface area contributed by atoms with Gasteiger partial charge in [-0.1, -0.05) is 114 Å². The van der Waals surface area contributed by atoms with Crippen molar-refractivity contribution in [1.82, 2.24) is 5.32 Å². The molecule has 0 fully saturated rings. The smallest absolute Gasteiger partial charge is 0.244 e. The predicted molar refractivity (Wildman–Crippen MR) is 131 cm³/mol. The zero-order valence-corrected chi connectivity index (χ0v) is 19.6. The second kappa shape index (κ2) is 20.4. The molecule has 30 heavy (non-hydrogen) atoms. The van der Waals surface area contributed by atoms with E-state index in [0.717, 1.165) is 51.4 Å². The molecule has 0 saturated carbocycles. The van der Waals surface area contributed by atoms with Crippen LogP contribution < -0.4 is 5.32 Å². The van der Waals surface area contributed by atoms with Crippen LogP contribution in [0.15, 0.2) is 60.8 Å². The summed E-state index contributed by atoms with van der Waals surface area (Å²) < 4.78 is 0. The number of amides is 1. The number of aliphatic hydroxyl groups is 1. The van der Waals surface area contributed by atoms with E-state index in [2.05, 4.69) is 62.5 Å². The predicted octanol–water partition coefficient (Wildman–Crippen LogP) is 6.97. The summed E-state index contributed by atoms with van der Waals surface area (Å²) >= 11 is 0. The molecule has 2 N–H and O–H groups in total. The standard InChI is InChI=1S/C27H45NO2/c1-4-7-9-11-12-13-14-15-16-17-18-19-20-22-26(29)28-25-27(30,23-6-3)24-21-10-8-5-2/h9,11-15,18-20,22,30H,4-8,10,16-17,21,23-25H2,1-3H3,(H,28,29). The normalized spacial score (nSPS) is 14.7. The largest absolute Gasteiger partial charge is 0.388 e. The van der Waals surface area contributed by atoms with E-state index in [0.29, 0.717) is 6.54 Å². The van der Waals surface area contributed by atoms with Gasteiger partial charge in [0.2, 0.25) is 5.91 Å². The number of nitrogens with one attached hydrogen (secondary N) is 1. The highest BCUT2D eigenvalue weighted by molar-refractivity contribution is 5.87. The molecule has 3 nitrogen and oxygen atoms in total. The Morgan fingerprint density at radius 1 is 0.733 bits per heavy atom. The SMILES string of the molecule is CCCC=CC=CC=CCCC=CC=CC(=O)NCC(O)(CCC)CCCCCC. The Bertz CT molecular complexity index is 557. The number of allylic oxidation sites excluding steroid dienone is 9. The van der Waals surface area contributed by atoms with E-state index in [1.54, 1.807) is 6.08 Å². The third-order valence-electron chi connectivity index (χ3n) is 4.86. The van der Waals surface area contributed by atoms with Crippen LogP contribution in [0, 0.1) is 0 Å². The molecular weight excluding hydrogens is 370 g/mol. The Balaban J connectivity index is 4.07. The molecule has 0 saturated heterocycles. The summed E-state index contributed by atoms with van der Waals surface area (Å²) in [6, 6.07) is 0. The Hall–Kier alpha value is -1.87. The van der Waals surface area contributed by atoms with Gasteiger partial charge >= 0.3 is 0 Å². The van der Waals surface area contributed by atoms with E-state index in [1.807, 2.05) is 12.2 Å². The van der Waals surface area contributed by atoms with Gasteiger partial charge in [0.25, 0.3) is 0 Å². The van der Waals surface area contributed by atoms with Gasteiger partial charge in [-0.2, -0.15) is 0 Å². The van der Waals surface area contributed by atoms with Crippen molar-refractivity contribution in [2.75, 3.05) is 6.54 Å². The van der Waals surface area contributed by atoms with Gasteiger partial charge in [0.15, 0.2) is 0 Å². The summed E-state index contributed by atoms with van der Waals surface area (Å²) in [5, 5.41) is 13.6. The molecule has 0 aromatic carbocycles.